The maximum Gasteiger partial charge on any atom is 0.251 e. The molecule has 2 atom stereocenters. The number of aromatic amines is 1. The van der Waals surface area contributed by atoms with E-state index in [1.807, 2.05) is 4.90 Å². The van der Waals surface area contributed by atoms with E-state index in [0.29, 0.717) is 30.0 Å². The van der Waals surface area contributed by atoms with Crippen LogP contribution in [0.2, 0.25) is 0 Å². The Morgan fingerprint density at radius 3 is 2.88 bits per heavy atom. The summed E-state index contributed by atoms with van der Waals surface area (Å²) < 4.78 is 0. The zero-order chi connectivity index (χ0) is 23.1. The van der Waals surface area contributed by atoms with Gasteiger partial charge in [0.15, 0.2) is 10.9 Å². The number of carbonyl (C=O) groups is 1. The number of carbonyl (C=O) groups excluding carboxylic acids is 1. The molecule has 0 bridgehead atoms. The Labute approximate surface area is 201 Å². The number of anilines is 4. The van der Waals surface area contributed by atoms with Crippen LogP contribution in [0, 0.1) is 0 Å². The highest BCUT2D eigenvalue weighted by molar-refractivity contribution is 7.13. The molecular weight excluding hydrogens is 452 g/mol. The lowest BCUT2D eigenvalue weighted by Crippen LogP contribution is -2.46. The number of H-pyrrole nitrogens is 1. The second kappa shape index (κ2) is 8.95. The molecule has 3 aromatic heterocycles. The Morgan fingerprint density at radius 1 is 1.18 bits per heavy atom. The van der Waals surface area contributed by atoms with E-state index in [2.05, 4.69) is 31.9 Å². The van der Waals surface area contributed by atoms with Gasteiger partial charge in [0, 0.05) is 41.4 Å². The van der Waals surface area contributed by atoms with Gasteiger partial charge in [-0.05, 0) is 38.5 Å². The number of fused-ring (bicyclic) bond motifs is 1. The summed E-state index contributed by atoms with van der Waals surface area (Å²) in [6.07, 6.45) is 9.07. The van der Waals surface area contributed by atoms with Crippen molar-refractivity contribution in [2.24, 2.45) is 0 Å². The standard InChI is InChI=1S/C23H28N8O2S/c32-17-8-10-31(19(17)21(33)28-23-24-9-11-34-23)22-25-15-7-3-6-14(15)20(27-22)26-18-12-16(29-30-18)13-4-1-2-5-13/h9,11-13,17,19,32H,1-8,10H2,(H,24,28,33)(H2,25,26,27,29,30). The van der Waals surface area contributed by atoms with E-state index in [1.54, 1.807) is 11.6 Å². The largest absolute Gasteiger partial charge is 0.390 e. The number of aromatic nitrogens is 5. The number of nitrogens with one attached hydrogen (secondary N) is 3. The Kier molecular flexibility index (Phi) is 5.66. The Bertz CT molecular complexity index is 1170. The van der Waals surface area contributed by atoms with Crippen LogP contribution in [0.4, 0.5) is 22.7 Å². The van der Waals surface area contributed by atoms with Gasteiger partial charge in [-0.1, -0.05) is 12.8 Å². The van der Waals surface area contributed by atoms with Crippen LogP contribution in [0.15, 0.2) is 17.6 Å². The van der Waals surface area contributed by atoms with Crippen molar-refractivity contribution in [2.45, 2.75) is 69.4 Å². The molecule has 2 fully saturated rings. The first-order valence-corrected chi connectivity index (χ1v) is 12.9. The minimum atomic E-state index is -0.798. The van der Waals surface area contributed by atoms with E-state index >= 15 is 0 Å². The van der Waals surface area contributed by atoms with Gasteiger partial charge < -0.3 is 20.6 Å². The van der Waals surface area contributed by atoms with Crippen LogP contribution in [0.3, 0.4) is 0 Å². The van der Waals surface area contributed by atoms with E-state index in [4.69, 9.17) is 9.97 Å². The van der Waals surface area contributed by atoms with Crippen LogP contribution >= 0.6 is 11.3 Å². The second-order valence-electron chi connectivity index (χ2n) is 9.29. The van der Waals surface area contributed by atoms with Crippen molar-refractivity contribution in [3.8, 4) is 0 Å². The van der Waals surface area contributed by atoms with Crippen molar-refractivity contribution >= 4 is 40.0 Å². The second-order valence-corrected chi connectivity index (χ2v) is 10.2. The molecule has 4 N–H and O–H groups in total. The van der Waals surface area contributed by atoms with Gasteiger partial charge >= 0.3 is 0 Å². The summed E-state index contributed by atoms with van der Waals surface area (Å²) in [5, 5.41) is 26.8. The van der Waals surface area contributed by atoms with E-state index in [-0.39, 0.29) is 5.91 Å². The number of amides is 1. The van der Waals surface area contributed by atoms with Gasteiger partial charge in [-0.2, -0.15) is 10.1 Å². The number of hydrogen-bond donors (Lipinski definition) is 4. The molecule has 1 aliphatic heterocycles. The molecule has 6 rings (SSSR count). The first-order valence-electron chi connectivity index (χ1n) is 12.0. The zero-order valence-corrected chi connectivity index (χ0v) is 19.6. The quantitative estimate of drug-likeness (QED) is 0.423. The van der Waals surface area contributed by atoms with Crippen LogP contribution in [0.5, 0.6) is 0 Å². The highest BCUT2D eigenvalue weighted by Gasteiger charge is 2.41. The fourth-order valence-electron chi connectivity index (χ4n) is 5.40. The number of aryl methyl sites for hydroxylation is 1. The molecule has 2 unspecified atom stereocenters. The molecule has 0 spiro atoms. The number of aliphatic hydroxyl groups excluding tert-OH is 1. The number of rotatable bonds is 6. The lowest BCUT2D eigenvalue weighted by molar-refractivity contribution is -0.119. The summed E-state index contributed by atoms with van der Waals surface area (Å²) in [4.78, 5) is 28.6. The van der Waals surface area contributed by atoms with Crippen LogP contribution in [0.1, 0.15) is 61.4 Å². The highest BCUT2D eigenvalue weighted by Crippen LogP contribution is 2.36. The lowest BCUT2D eigenvalue weighted by Gasteiger charge is -2.26. The molecule has 3 aromatic rings. The molecule has 1 saturated carbocycles. The summed E-state index contributed by atoms with van der Waals surface area (Å²) >= 11 is 1.34. The first kappa shape index (κ1) is 21.5. The molecule has 34 heavy (non-hydrogen) atoms. The molecule has 1 amide bonds. The normalized spacial score (nSPS) is 22.3. The number of hydrogen-bond acceptors (Lipinski definition) is 9. The topological polar surface area (TPSA) is 132 Å². The number of nitrogens with zero attached hydrogens (tertiary/aromatic N) is 5. The highest BCUT2D eigenvalue weighted by atomic mass is 32.1. The fourth-order valence-corrected chi connectivity index (χ4v) is 5.93. The zero-order valence-electron chi connectivity index (χ0n) is 18.8. The molecular formula is C23H28N8O2S. The number of aliphatic hydroxyl groups is 1. The van der Waals surface area contributed by atoms with E-state index in [9.17, 15) is 9.90 Å². The maximum atomic E-state index is 13.0. The van der Waals surface area contributed by atoms with Crippen molar-refractivity contribution in [3.63, 3.8) is 0 Å². The molecule has 3 aliphatic rings. The molecule has 2 aliphatic carbocycles. The van der Waals surface area contributed by atoms with Crippen LogP contribution in [-0.4, -0.2) is 54.9 Å². The van der Waals surface area contributed by atoms with Crippen molar-refractivity contribution in [1.29, 1.82) is 0 Å². The summed E-state index contributed by atoms with van der Waals surface area (Å²) in [5.74, 6) is 2.21. The fraction of sp³-hybridized carbons (Fsp3) is 0.522. The van der Waals surface area contributed by atoms with Gasteiger partial charge in [0.05, 0.1) is 11.8 Å². The monoisotopic (exact) mass is 480 g/mol. The molecule has 0 aromatic carbocycles. The van der Waals surface area contributed by atoms with Crippen molar-refractivity contribution in [3.05, 3.63) is 34.6 Å². The summed E-state index contributed by atoms with van der Waals surface area (Å²) in [5.41, 5.74) is 3.28. The van der Waals surface area contributed by atoms with Crippen molar-refractivity contribution in [1.82, 2.24) is 25.1 Å². The van der Waals surface area contributed by atoms with Crippen LogP contribution < -0.4 is 15.5 Å². The minimum absolute atomic E-state index is 0.299. The SMILES string of the molecule is O=C(Nc1nccs1)C1C(O)CCN1c1nc2c(c(Nc3cc(C4CCCC4)[nH]n3)n1)CCC2. The van der Waals surface area contributed by atoms with Crippen molar-refractivity contribution in [2.75, 3.05) is 22.1 Å². The third-order valence-electron chi connectivity index (χ3n) is 7.11. The Balaban J connectivity index is 1.27. The Morgan fingerprint density at radius 2 is 2.06 bits per heavy atom. The van der Waals surface area contributed by atoms with E-state index in [0.717, 1.165) is 42.2 Å². The Hall–Kier alpha value is -3.05. The molecule has 10 nitrogen and oxygen atoms in total. The van der Waals surface area contributed by atoms with Crippen molar-refractivity contribution < 1.29 is 9.90 Å². The average molecular weight is 481 g/mol. The van der Waals surface area contributed by atoms with Gasteiger partial charge in [0.25, 0.3) is 5.91 Å². The summed E-state index contributed by atoms with van der Waals surface area (Å²) in [7, 11) is 0. The van der Waals surface area contributed by atoms with Gasteiger partial charge in [0.1, 0.15) is 11.9 Å². The molecule has 178 valence electrons. The third-order valence-corrected chi connectivity index (χ3v) is 7.80. The first-order chi connectivity index (χ1) is 16.7. The minimum Gasteiger partial charge on any atom is -0.390 e. The van der Waals surface area contributed by atoms with E-state index in [1.165, 1.54) is 42.7 Å². The molecule has 0 radical (unpaired) electrons. The lowest BCUT2D eigenvalue weighted by atomic mass is 10.0. The molecule has 1 saturated heterocycles. The smallest absolute Gasteiger partial charge is 0.251 e. The van der Waals surface area contributed by atoms with Gasteiger partial charge in [-0.15, -0.1) is 11.3 Å². The van der Waals surface area contributed by atoms with Crippen LogP contribution in [0.25, 0.3) is 0 Å². The summed E-state index contributed by atoms with van der Waals surface area (Å²) in [6.45, 7) is 0.504. The molecule has 11 heteroatoms. The predicted octanol–water partition coefficient (Wildman–Crippen LogP) is 3.12. The molecule has 4 heterocycles. The summed E-state index contributed by atoms with van der Waals surface area (Å²) in [6, 6.07) is 1.32. The van der Waals surface area contributed by atoms with Gasteiger partial charge in [-0.25, -0.2) is 9.97 Å². The van der Waals surface area contributed by atoms with Gasteiger partial charge in [0.2, 0.25) is 5.95 Å². The van der Waals surface area contributed by atoms with Gasteiger partial charge in [-0.3, -0.25) is 9.89 Å². The average Bonchev–Trinajstić information content (AvgIpc) is 3.64. The van der Waals surface area contributed by atoms with E-state index < -0.39 is 12.1 Å². The maximum absolute atomic E-state index is 13.0. The van der Waals surface area contributed by atoms with Crippen LogP contribution in [-0.2, 0) is 17.6 Å². The third kappa shape index (κ3) is 4.03. The predicted molar refractivity (Wildman–Crippen MR) is 130 cm³/mol. The number of thiazole rings is 1.